The third kappa shape index (κ3) is 1.87. The van der Waals surface area contributed by atoms with Crippen LogP contribution in [-0.2, 0) is 14.1 Å². The zero-order chi connectivity index (χ0) is 13.6. The van der Waals surface area contributed by atoms with Crippen molar-refractivity contribution >= 4 is 24.4 Å². The highest BCUT2D eigenvalue weighted by molar-refractivity contribution is 7.71. The first-order chi connectivity index (χ1) is 8.34. The van der Waals surface area contributed by atoms with Crippen LogP contribution in [0.5, 0.6) is 0 Å². The molecule has 0 saturated carbocycles. The molecule has 2 rings (SSSR count). The summed E-state index contributed by atoms with van der Waals surface area (Å²) in [5.41, 5.74) is 5.57. The fourth-order valence-electron chi connectivity index (χ4n) is 2.34. The van der Waals surface area contributed by atoms with Crippen LogP contribution in [0.3, 0.4) is 0 Å². The van der Waals surface area contributed by atoms with Crippen molar-refractivity contribution in [2.45, 2.75) is 20.8 Å². The van der Waals surface area contributed by atoms with E-state index in [0.717, 1.165) is 31.8 Å². The molecule has 0 bridgehead atoms. The number of aryl methyl sites for hydroxylation is 3. The molecule has 3 nitrogen and oxygen atoms in total. The van der Waals surface area contributed by atoms with Crippen molar-refractivity contribution in [2.75, 3.05) is 0 Å². The van der Waals surface area contributed by atoms with Crippen molar-refractivity contribution in [3.63, 3.8) is 0 Å². The first-order valence-corrected chi connectivity index (χ1v) is 6.59. The monoisotopic (exact) mass is 279 g/mol. The molecule has 2 heterocycles. The first-order valence-electron chi connectivity index (χ1n) is 5.77. The van der Waals surface area contributed by atoms with E-state index < -0.39 is 0 Å². The molecule has 0 atom stereocenters. The molecule has 0 saturated heterocycles. The van der Waals surface area contributed by atoms with Gasteiger partial charge in [-0.2, -0.15) is 0 Å². The van der Waals surface area contributed by atoms with Crippen molar-refractivity contribution in [3.8, 4) is 11.4 Å². The van der Waals surface area contributed by atoms with Crippen molar-refractivity contribution < 1.29 is 0 Å². The van der Waals surface area contributed by atoms with Gasteiger partial charge in [-0.15, -0.1) is 0 Å². The van der Waals surface area contributed by atoms with Gasteiger partial charge in [0.05, 0.1) is 11.4 Å². The van der Waals surface area contributed by atoms with Crippen LogP contribution < -0.4 is 0 Å². The van der Waals surface area contributed by atoms with Gasteiger partial charge in [-0.3, -0.25) is 9.78 Å². The minimum atomic E-state index is 0.830. The van der Waals surface area contributed by atoms with Crippen LogP contribution in [0.2, 0.25) is 0 Å². The minimum absolute atomic E-state index is 0.830. The Bertz CT molecular complexity index is 732. The molecule has 0 unspecified atom stereocenters. The molecule has 2 aromatic heterocycles. The van der Waals surface area contributed by atoms with E-state index in [1.54, 1.807) is 0 Å². The summed E-state index contributed by atoms with van der Waals surface area (Å²) < 4.78 is 5.60. The molecular weight excluding hydrogens is 262 g/mol. The summed E-state index contributed by atoms with van der Waals surface area (Å²) >= 11 is 10.8. The van der Waals surface area contributed by atoms with Crippen LogP contribution in [0.4, 0.5) is 0 Å². The SMILES string of the molecule is Cc1cc(C)c(=S)n(C)c1-c1[nH]n(C)c(=S)c1C. The highest BCUT2D eigenvalue weighted by atomic mass is 32.1. The Balaban J connectivity index is 2.88. The van der Waals surface area contributed by atoms with Crippen LogP contribution in [0, 0.1) is 30.1 Å². The van der Waals surface area contributed by atoms with Crippen molar-refractivity contribution in [3.05, 3.63) is 32.0 Å². The van der Waals surface area contributed by atoms with Gasteiger partial charge >= 0.3 is 0 Å². The molecule has 1 N–H and O–H groups in total. The molecule has 0 radical (unpaired) electrons. The number of nitrogens with zero attached hydrogens (tertiary/aromatic N) is 2. The number of aromatic nitrogens is 3. The third-order valence-electron chi connectivity index (χ3n) is 3.30. The highest BCUT2D eigenvalue weighted by Gasteiger charge is 2.13. The fourth-order valence-corrected chi connectivity index (χ4v) is 2.64. The minimum Gasteiger partial charge on any atom is -0.334 e. The standard InChI is InChI=1S/C13H17N3S2/c1-7-6-8(2)12(17)15(4)11(7)10-9(3)13(18)16(5)14-10/h6,14H,1-5H3. The molecular formula is C13H17N3S2. The summed E-state index contributed by atoms with van der Waals surface area (Å²) in [5, 5.41) is 3.30. The molecule has 0 aliphatic carbocycles. The van der Waals surface area contributed by atoms with Crippen LogP contribution in [-0.4, -0.2) is 14.3 Å². The van der Waals surface area contributed by atoms with E-state index >= 15 is 0 Å². The number of aromatic amines is 1. The Morgan fingerprint density at radius 3 is 2.11 bits per heavy atom. The van der Waals surface area contributed by atoms with Gasteiger partial charge in [0.25, 0.3) is 0 Å². The van der Waals surface area contributed by atoms with Gasteiger partial charge < -0.3 is 4.57 Å². The van der Waals surface area contributed by atoms with Crippen molar-refractivity contribution in [1.29, 1.82) is 0 Å². The molecule has 5 heteroatoms. The number of hydrogen-bond acceptors (Lipinski definition) is 2. The van der Waals surface area contributed by atoms with Gasteiger partial charge in [0.2, 0.25) is 0 Å². The maximum atomic E-state index is 5.44. The molecule has 96 valence electrons. The Morgan fingerprint density at radius 1 is 1.00 bits per heavy atom. The smallest absolute Gasteiger partial charge is 0.125 e. The number of nitrogens with one attached hydrogen (secondary N) is 1. The summed E-state index contributed by atoms with van der Waals surface area (Å²) in [5.74, 6) is 0. The van der Waals surface area contributed by atoms with Gasteiger partial charge in [-0.25, -0.2) is 0 Å². The maximum Gasteiger partial charge on any atom is 0.125 e. The maximum absolute atomic E-state index is 5.44. The highest BCUT2D eigenvalue weighted by Crippen LogP contribution is 2.26. The van der Waals surface area contributed by atoms with Crippen molar-refractivity contribution in [1.82, 2.24) is 14.3 Å². The lowest BCUT2D eigenvalue weighted by Gasteiger charge is -2.13. The lowest BCUT2D eigenvalue weighted by atomic mass is 10.1. The van der Waals surface area contributed by atoms with Crippen LogP contribution >= 0.6 is 24.4 Å². The van der Waals surface area contributed by atoms with E-state index in [9.17, 15) is 0 Å². The van der Waals surface area contributed by atoms with E-state index in [2.05, 4.69) is 18.1 Å². The predicted octanol–water partition coefficient (Wildman–Crippen LogP) is 3.74. The molecule has 2 aromatic rings. The average molecular weight is 279 g/mol. The summed E-state index contributed by atoms with van der Waals surface area (Å²) in [7, 11) is 3.93. The number of pyridine rings is 1. The van der Waals surface area contributed by atoms with Crippen molar-refractivity contribution in [2.24, 2.45) is 14.1 Å². The molecule has 18 heavy (non-hydrogen) atoms. The lowest BCUT2D eigenvalue weighted by Crippen LogP contribution is -2.04. The van der Waals surface area contributed by atoms with Gasteiger partial charge in [0.1, 0.15) is 9.28 Å². The number of H-pyrrole nitrogens is 1. The Hall–Kier alpha value is -1.20. The normalized spacial score (nSPS) is 10.9. The summed E-state index contributed by atoms with van der Waals surface area (Å²) in [6.07, 6.45) is 0. The van der Waals surface area contributed by atoms with Gasteiger partial charge in [0, 0.05) is 19.7 Å². The Kier molecular flexibility index (Phi) is 3.29. The average Bonchev–Trinajstić information content (AvgIpc) is 2.55. The topological polar surface area (TPSA) is 25.6 Å². The third-order valence-corrected chi connectivity index (χ3v) is 4.48. The largest absolute Gasteiger partial charge is 0.334 e. The summed E-state index contributed by atoms with van der Waals surface area (Å²) in [4.78, 5) is 0. The zero-order valence-electron chi connectivity index (χ0n) is 11.3. The van der Waals surface area contributed by atoms with Crippen LogP contribution in [0.15, 0.2) is 6.07 Å². The van der Waals surface area contributed by atoms with E-state index in [0.29, 0.717) is 0 Å². The molecule has 0 aromatic carbocycles. The first kappa shape index (κ1) is 13.2. The second-order valence-electron chi connectivity index (χ2n) is 4.70. The molecule has 0 fully saturated rings. The van der Waals surface area contributed by atoms with E-state index in [4.69, 9.17) is 24.4 Å². The Labute approximate surface area is 117 Å². The zero-order valence-corrected chi connectivity index (χ0v) is 12.9. The summed E-state index contributed by atoms with van der Waals surface area (Å²) in [6.45, 7) is 6.18. The summed E-state index contributed by atoms with van der Waals surface area (Å²) in [6, 6.07) is 2.13. The number of hydrogen-bond donors (Lipinski definition) is 1. The number of rotatable bonds is 1. The van der Waals surface area contributed by atoms with Gasteiger partial charge in [-0.1, -0.05) is 30.5 Å². The molecule has 0 amide bonds. The van der Waals surface area contributed by atoms with Crippen LogP contribution in [0.1, 0.15) is 16.7 Å². The second kappa shape index (κ2) is 4.48. The second-order valence-corrected chi connectivity index (χ2v) is 5.47. The van der Waals surface area contributed by atoms with E-state index in [1.165, 1.54) is 5.56 Å². The van der Waals surface area contributed by atoms with Gasteiger partial charge in [0.15, 0.2) is 0 Å². The fraction of sp³-hybridized carbons (Fsp3) is 0.385. The lowest BCUT2D eigenvalue weighted by molar-refractivity contribution is 0.754. The predicted molar refractivity (Wildman–Crippen MR) is 80.0 cm³/mol. The molecule has 0 aliphatic rings. The molecule has 0 aliphatic heterocycles. The van der Waals surface area contributed by atoms with Gasteiger partial charge in [-0.05, 0) is 31.9 Å². The Morgan fingerprint density at radius 2 is 1.61 bits per heavy atom. The van der Waals surface area contributed by atoms with Crippen LogP contribution in [0.25, 0.3) is 11.4 Å². The van der Waals surface area contributed by atoms with E-state index in [1.807, 2.05) is 37.2 Å². The van der Waals surface area contributed by atoms with E-state index in [-0.39, 0.29) is 0 Å². The molecule has 0 spiro atoms. The quantitative estimate of drug-likeness (QED) is 0.805.